The second-order valence-electron chi connectivity index (χ2n) is 3.16. The Kier molecular flexibility index (Phi) is 2.74. The Bertz CT molecular complexity index is 637. The molecule has 16 heavy (non-hydrogen) atoms. The molecule has 0 radical (unpaired) electrons. The fraction of sp³-hybridized carbons (Fsp3) is 0.125. The van der Waals surface area contributed by atoms with E-state index in [1.807, 2.05) is 0 Å². The summed E-state index contributed by atoms with van der Waals surface area (Å²) in [5, 5.41) is 9.85. The Morgan fingerprint density at radius 2 is 2.19 bits per heavy atom. The second-order valence-corrected chi connectivity index (χ2v) is 5.45. The van der Waals surface area contributed by atoms with E-state index in [2.05, 4.69) is 25.9 Å². The number of H-pyrrole nitrogens is 1. The third-order valence-electron chi connectivity index (χ3n) is 2.11. The topological polar surface area (TPSA) is 103 Å². The number of pyridine rings is 1. The zero-order valence-electron chi connectivity index (χ0n) is 7.75. The molecule has 0 aliphatic heterocycles. The highest BCUT2D eigenvalue weighted by atomic mass is 79.9. The van der Waals surface area contributed by atoms with Crippen LogP contribution in [-0.4, -0.2) is 28.0 Å². The van der Waals surface area contributed by atoms with Crippen LogP contribution in [0, 0.1) is 0 Å². The lowest BCUT2D eigenvalue weighted by molar-refractivity contribution is 0.240. The van der Waals surface area contributed by atoms with Crippen LogP contribution >= 0.6 is 15.9 Å². The molecule has 0 saturated heterocycles. The fourth-order valence-corrected chi connectivity index (χ4v) is 2.22. The van der Waals surface area contributed by atoms with E-state index in [0.29, 0.717) is 15.5 Å². The van der Waals surface area contributed by atoms with Gasteiger partial charge in [-0.1, -0.05) is 0 Å². The van der Waals surface area contributed by atoms with Gasteiger partial charge in [-0.15, -0.1) is 0 Å². The lowest BCUT2D eigenvalue weighted by Gasteiger charge is -2.05. The highest BCUT2D eigenvalue weighted by Gasteiger charge is 2.24. The molecular formula is C8H7BrN2O4S. The summed E-state index contributed by atoms with van der Waals surface area (Å²) in [6.45, 7) is 0. The van der Waals surface area contributed by atoms with Gasteiger partial charge < -0.3 is 10.1 Å². The van der Waals surface area contributed by atoms with E-state index in [1.165, 1.54) is 12.4 Å². The second kappa shape index (κ2) is 3.81. The maximum Gasteiger partial charge on any atom is 0.296 e. The van der Waals surface area contributed by atoms with Gasteiger partial charge >= 0.3 is 0 Å². The molecule has 0 bridgehead atoms. The van der Waals surface area contributed by atoms with Gasteiger partial charge in [-0.2, -0.15) is 8.42 Å². The van der Waals surface area contributed by atoms with Crippen molar-refractivity contribution in [3.63, 3.8) is 0 Å². The smallest absolute Gasteiger partial charge is 0.296 e. The first-order valence-electron chi connectivity index (χ1n) is 4.16. The Morgan fingerprint density at radius 1 is 1.50 bits per heavy atom. The number of rotatable bonds is 2. The van der Waals surface area contributed by atoms with Gasteiger partial charge in [0.15, 0.2) is 0 Å². The van der Waals surface area contributed by atoms with Crippen LogP contribution < -0.4 is 0 Å². The quantitative estimate of drug-likeness (QED) is 0.571. The summed E-state index contributed by atoms with van der Waals surface area (Å²) in [6.07, 6.45) is 2.72. The Labute approximate surface area is 99.2 Å². The maximum atomic E-state index is 10.8. The molecular weight excluding hydrogens is 300 g/mol. The average molecular weight is 307 g/mol. The van der Waals surface area contributed by atoms with Gasteiger partial charge in [-0.05, 0) is 22.0 Å². The minimum atomic E-state index is -4.53. The predicted molar refractivity (Wildman–Crippen MR) is 60.3 cm³/mol. The molecule has 2 heterocycles. The van der Waals surface area contributed by atoms with Crippen LogP contribution in [0.3, 0.4) is 0 Å². The van der Waals surface area contributed by atoms with Crippen LogP contribution in [0.15, 0.2) is 23.1 Å². The maximum absolute atomic E-state index is 10.8. The SMILES string of the molecule is O=S(=O)(O)C(O)c1c[nH]c2cc(Br)ncc12. The number of aromatic nitrogens is 2. The van der Waals surface area contributed by atoms with E-state index < -0.39 is 15.6 Å². The molecule has 3 N–H and O–H groups in total. The van der Waals surface area contributed by atoms with Gasteiger partial charge in [0.05, 0.1) is 5.52 Å². The van der Waals surface area contributed by atoms with Crippen LogP contribution in [0.4, 0.5) is 0 Å². The summed E-state index contributed by atoms with van der Waals surface area (Å²) in [6, 6.07) is 1.63. The normalized spacial score (nSPS) is 14.2. The van der Waals surface area contributed by atoms with Gasteiger partial charge in [0.2, 0.25) is 5.44 Å². The molecule has 0 aromatic carbocycles. The number of hydrogen-bond acceptors (Lipinski definition) is 4. The van der Waals surface area contributed by atoms with Gasteiger partial charge in [0, 0.05) is 23.3 Å². The molecule has 0 amide bonds. The molecule has 2 rings (SSSR count). The summed E-state index contributed by atoms with van der Waals surface area (Å²) in [5.74, 6) is 0. The Balaban J connectivity index is 2.63. The average Bonchev–Trinajstić information content (AvgIpc) is 2.57. The minimum absolute atomic E-state index is 0.0671. The van der Waals surface area contributed by atoms with Crippen molar-refractivity contribution in [3.8, 4) is 0 Å². The summed E-state index contributed by atoms with van der Waals surface area (Å²) in [4.78, 5) is 6.69. The van der Waals surface area contributed by atoms with E-state index in [4.69, 9.17) is 4.55 Å². The highest BCUT2D eigenvalue weighted by Crippen LogP contribution is 2.27. The number of fused-ring (bicyclic) bond motifs is 1. The van der Waals surface area contributed by atoms with E-state index in [0.717, 1.165) is 0 Å². The van der Waals surface area contributed by atoms with Crippen molar-refractivity contribution < 1.29 is 18.1 Å². The molecule has 8 heteroatoms. The van der Waals surface area contributed by atoms with Gasteiger partial charge in [-0.25, -0.2) is 4.98 Å². The first-order valence-corrected chi connectivity index (χ1v) is 6.46. The molecule has 0 spiro atoms. The minimum Gasteiger partial charge on any atom is -0.371 e. The highest BCUT2D eigenvalue weighted by molar-refractivity contribution is 9.10. The number of nitrogens with zero attached hydrogens (tertiary/aromatic N) is 1. The number of aromatic amines is 1. The number of nitrogens with one attached hydrogen (secondary N) is 1. The van der Waals surface area contributed by atoms with Crippen molar-refractivity contribution in [1.82, 2.24) is 9.97 Å². The van der Waals surface area contributed by atoms with Gasteiger partial charge in [0.25, 0.3) is 10.1 Å². The van der Waals surface area contributed by atoms with Crippen LogP contribution in [0.25, 0.3) is 10.9 Å². The van der Waals surface area contributed by atoms with Crippen LogP contribution in [-0.2, 0) is 10.1 Å². The standard InChI is InChI=1S/C8H7BrN2O4S/c9-7-1-6-4(2-11-7)5(3-10-6)8(12)16(13,14)15/h1-3,8,10,12H,(H,13,14,15). The first kappa shape index (κ1) is 11.5. The number of aliphatic hydroxyl groups is 1. The molecule has 2 aromatic rings. The van der Waals surface area contributed by atoms with Crippen LogP contribution in [0.1, 0.15) is 11.0 Å². The lowest BCUT2D eigenvalue weighted by Crippen LogP contribution is -2.10. The summed E-state index contributed by atoms with van der Waals surface area (Å²) in [5.41, 5.74) is -1.29. The fourth-order valence-electron chi connectivity index (χ4n) is 1.38. The van der Waals surface area contributed by atoms with Gasteiger partial charge in [-0.3, -0.25) is 4.55 Å². The molecule has 0 aliphatic rings. The number of halogens is 1. The molecule has 0 saturated carbocycles. The third kappa shape index (κ3) is 1.96. The largest absolute Gasteiger partial charge is 0.371 e. The zero-order chi connectivity index (χ0) is 11.9. The predicted octanol–water partition coefficient (Wildman–Crippen LogP) is 1.20. The lowest BCUT2D eigenvalue weighted by atomic mass is 10.2. The first-order chi connectivity index (χ1) is 7.39. The van der Waals surface area contributed by atoms with E-state index >= 15 is 0 Å². The molecule has 1 unspecified atom stereocenters. The summed E-state index contributed by atoms with van der Waals surface area (Å²) >= 11 is 3.16. The summed E-state index contributed by atoms with van der Waals surface area (Å²) < 4.78 is 30.9. The molecule has 6 nitrogen and oxygen atoms in total. The monoisotopic (exact) mass is 306 g/mol. The molecule has 0 aliphatic carbocycles. The summed E-state index contributed by atoms with van der Waals surface area (Å²) in [7, 11) is -4.53. The number of hydrogen-bond donors (Lipinski definition) is 3. The van der Waals surface area contributed by atoms with Crippen molar-refractivity contribution in [2.75, 3.05) is 0 Å². The zero-order valence-corrected chi connectivity index (χ0v) is 10.2. The van der Waals surface area contributed by atoms with E-state index in [1.54, 1.807) is 6.07 Å². The molecule has 86 valence electrons. The van der Waals surface area contributed by atoms with Crippen molar-refractivity contribution in [2.24, 2.45) is 0 Å². The van der Waals surface area contributed by atoms with Crippen molar-refractivity contribution >= 4 is 37.0 Å². The third-order valence-corrected chi connectivity index (χ3v) is 3.36. The van der Waals surface area contributed by atoms with Gasteiger partial charge in [0.1, 0.15) is 4.60 Å². The molecule has 0 fully saturated rings. The molecule has 2 aromatic heterocycles. The van der Waals surface area contributed by atoms with E-state index in [9.17, 15) is 13.5 Å². The molecule has 1 atom stereocenters. The van der Waals surface area contributed by atoms with E-state index in [-0.39, 0.29) is 5.56 Å². The van der Waals surface area contributed by atoms with Crippen molar-refractivity contribution in [2.45, 2.75) is 5.44 Å². The van der Waals surface area contributed by atoms with Crippen LogP contribution in [0.5, 0.6) is 0 Å². The van der Waals surface area contributed by atoms with Crippen molar-refractivity contribution in [3.05, 3.63) is 28.6 Å². The number of aliphatic hydroxyl groups excluding tert-OH is 1. The van der Waals surface area contributed by atoms with Crippen LogP contribution in [0.2, 0.25) is 0 Å². The Hall–Kier alpha value is -0.960. The Morgan fingerprint density at radius 3 is 2.81 bits per heavy atom. The van der Waals surface area contributed by atoms with Crippen molar-refractivity contribution in [1.29, 1.82) is 0 Å².